The van der Waals surface area contributed by atoms with E-state index in [9.17, 15) is 0 Å². The van der Waals surface area contributed by atoms with Gasteiger partial charge in [0, 0.05) is 17.5 Å². The summed E-state index contributed by atoms with van der Waals surface area (Å²) in [4.78, 5) is 2.49. The summed E-state index contributed by atoms with van der Waals surface area (Å²) >= 11 is 0. The third-order valence-corrected chi connectivity index (χ3v) is 4.50. The van der Waals surface area contributed by atoms with Gasteiger partial charge in [-0.1, -0.05) is 34.3 Å². The Morgan fingerprint density at radius 2 is 1.76 bits per heavy atom. The Labute approximate surface area is 108 Å². The normalized spacial score (nSPS) is 26.3. The van der Waals surface area contributed by atoms with Gasteiger partial charge < -0.3 is 4.90 Å². The van der Waals surface area contributed by atoms with Crippen LogP contribution in [0.25, 0.3) is 0 Å². The maximum absolute atomic E-state index is 3.96. The van der Waals surface area contributed by atoms with Crippen molar-refractivity contribution in [3.8, 4) is 0 Å². The van der Waals surface area contributed by atoms with E-state index in [1.807, 2.05) is 0 Å². The van der Waals surface area contributed by atoms with Crippen LogP contribution in [0.5, 0.6) is 0 Å². The highest BCUT2D eigenvalue weighted by molar-refractivity contribution is 5.22. The van der Waals surface area contributed by atoms with Crippen LogP contribution in [0.1, 0.15) is 61.3 Å². The van der Waals surface area contributed by atoms with Gasteiger partial charge in [-0.3, -0.25) is 0 Å². The second kappa shape index (κ2) is 4.21. The molecule has 1 rings (SSSR count). The summed E-state index contributed by atoms with van der Waals surface area (Å²) in [5.74, 6) is 0. The Morgan fingerprint density at radius 1 is 1.24 bits per heavy atom. The van der Waals surface area contributed by atoms with E-state index >= 15 is 0 Å². The number of rotatable bonds is 1. The topological polar surface area (TPSA) is 3.24 Å². The lowest BCUT2D eigenvalue weighted by Crippen LogP contribution is -2.42. The molecule has 0 unspecified atom stereocenters. The van der Waals surface area contributed by atoms with Crippen LogP contribution in [0.2, 0.25) is 0 Å². The van der Waals surface area contributed by atoms with Crippen LogP contribution in [0.4, 0.5) is 0 Å². The Balaban J connectivity index is 3.28. The summed E-state index contributed by atoms with van der Waals surface area (Å²) in [5.41, 5.74) is 5.27. The van der Waals surface area contributed by atoms with Crippen molar-refractivity contribution in [2.24, 2.45) is 10.8 Å². The van der Waals surface area contributed by atoms with Crippen molar-refractivity contribution >= 4 is 0 Å². The number of hydrogen-bond donors (Lipinski definition) is 0. The first-order chi connectivity index (χ1) is 7.60. The van der Waals surface area contributed by atoms with E-state index in [0.717, 1.165) is 6.54 Å². The maximum atomic E-state index is 3.96. The predicted molar refractivity (Wildman–Crippen MR) is 75.9 cm³/mol. The molecule has 1 aliphatic rings. The molecule has 1 aliphatic heterocycles. The van der Waals surface area contributed by atoms with E-state index in [4.69, 9.17) is 0 Å². The summed E-state index contributed by atoms with van der Waals surface area (Å²) in [6.07, 6.45) is 2.39. The second-order valence-corrected chi connectivity index (χ2v) is 7.28. The van der Waals surface area contributed by atoms with Crippen molar-refractivity contribution < 1.29 is 0 Å². The van der Waals surface area contributed by atoms with Crippen molar-refractivity contribution in [2.75, 3.05) is 6.54 Å². The van der Waals surface area contributed by atoms with Gasteiger partial charge in [-0.25, -0.2) is 0 Å². The summed E-state index contributed by atoms with van der Waals surface area (Å²) in [7, 11) is 0. The minimum atomic E-state index is 0.169. The number of nitrogens with zero attached hydrogens (tertiary/aromatic N) is 1. The van der Waals surface area contributed by atoms with Gasteiger partial charge in [0.25, 0.3) is 0 Å². The smallest absolute Gasteiger partial charge is 0.0631 e. The molecule has 0 N–H and O–H groups in total. The average molecular weight is 235 g/mol. The maximum Gasteiger partial charge on any atom is 0.0631 e. The van der Waals surface area contributed by atoms with Gasteiger partial charge in [0.15, 0.2) is 0 Å². The molecule has 1 nitrogen and oxygen atoms in total. The molecule has 1 fully saturated rings. The highest BCUT2D eigenvalue weighted by atomic mass is 15.2. The molecule has 0 aromatic rings. The molecule has 1 atom stereocenters. The average Bonchev–Trinajstić information content (AvgIpc) is 2.55. The van der Waals surface area contributed by atoms with Crippen molar-refractivity contribution in [3.05, 3.63) is 18.0 Å². The quantitative estimate of drug-likeness (QED) is 0.600. The zero-order chi connectivity index (χ0) is 13.5. The third kappa shape index (κ3) is 2.18. The van der Waals surface area contributed by atoms with Crippen LogP contribution in [0, 0.1) is 10.8 Å². The molecule has 17 heavy (non-hydrogen) atoms. The van der Waals surface area contributed by atoms with E-state index in [2.05, 4.69) is 65.7 Å². The van der Waals surface area contributed by atoms with Crippen LogP contribution >= 0.6 is 0 Å². The van der Waals surface area contributed by atoms with Crippen LogP contribution in [-0.4, -0.2) is 17.0 Å². The summed E-state index contributed by atoms with van der Waals surface area (Å²) in [6, 6.07) is 0. The zero-order valence-electron chi connectivity index (χ0n) is 12.8. The van der Waals surface area contributed by atoms with E-state index in [-0.39, 0.29) is 16.4 Å². The number of hydrogen-bond acceptors (Lipinski definition) is 1. The minimum absolute atomic E-state index is 0.169. The zero-order valence-corrected chi connectivity index (χ0v) is 12.8. The fraction of sp³-hybridized carbons (Fsp3) is 0.812. The summed E-state index contributed by atoms with van der Waals surface area (Å²) in [6.45, 7) is 21.3. The van der Waals surface area contributed by atoms with Gasteiger partial charge in [0.05, 0.1) is 5.70 Å². The van der Waals surface area contributed by atoms with Gasteiger partial charge in [0.2, 0.25) is 0 Å². The molecule has 0 amide bonds. The van der Waals surface area contributed by atoms with Gasteiger partial charge in [-0.2, -0.15) is 0 Å². The van der Waals surface area contributed by atoms with Crippen LogP contribution in [-0.2, 0) is 0 Å². The van der Waals surface area contributed by atoms with Crippen LogP contribution < -0.4 is 0 Å². The number of allylic oxidation sites excluding steroid dienone is 1. The molecule has 1 heteroatoms. The summed E-state index contributed by atoms with van der Waals surface area (Å²) in [5, 5.41) is 0. The highest BCUT2D eigenvalue weighted by Crippen LogP contribution is 2.55. The molecule has 0 radical (unpaired) electrons. The SMILES string of the molecule is C=C=C1N(C(C)(C)C)CC[C@@]1(CC)C(C)(C)C. The van der Waals surface area contributed by atoms with E-state index in [0.29, 0.717) is 0 Å². The molecule has 0 aromatic carbocycles. The molecular formula is C16H29N. The van der Waals surface area contributed by atoms with Gasteiger partial charge in [-0.05, 0) is 39.0 Å². The Morgan fingerprint density at radius 3 is 2.06 bits per heavy atom. The Bertz CT molecular complexity index is 334. The minimum Gasteiger partial charge on any atom is -0.363 e. The monoisotopic (exact) mass is 235 g/mol. The van der Waals surface area contributed by atoms with Crippen molar-refractivity contribution in [3.63, 3.8) is 0 Å². The van der Waals surface area contributed by atoms with Crippen LogP contribution in [0.3, 0.4) is 0 Å². The number of likely N-dealkylation sites (tertiary alicyclic amines) is 1. The molecule has 0 bridgehead atoms. The van der Waals surface area contributed by atoms with E-state index in [1.54, 1.807) is 0 Å². The van der Waals surface area contributed by atoms with Gasteiger partial charge in [0.1, 0.15) is 0 Å². The first-order valence-electron chi connectivity index (χ1n) is 6.78. The lowest BCUT2D eigenvalue weighted by molar-refractivity contribution is 0.117. The van der Waals surface area contributed by atoms with Crippen molar-refractivity contribution in [1.82, 2.24) is 4.90 Å². The third-order valence-electron chi connectivity index (χ3n) is 4.50. The molecule has 0 saturated carbocycles. The largest absolute Gasteiger partial charge is 0.363 e. The highest BCUT2D eigenvalue weighted by Gasteiger charge is 2.51. The molecule has 98 valence electrons. The Kier molecular flexibility index (Phi) is 3.56. The fourth-order valence-electron chi connectivity index (χ4n) is 3.33. The van der Waals surface area contributed by atoms with Gasteiger partial charge in [-0.15, -0.1) is 5.73 Å². The molecule has 1 saturated heterocycles. The molecule has 0 spiro atoms. The molecule has 1 heterocycles. The van der Waals surface area contributed by atoms with E-state index in [1.165, 1.54) is 18.5 Å². The lowest BCUT2D eigenvalue weighted by Gasteiger charge is -2.44. The lowest BCUT2D eigenvalue weighted by atomic mass is 9.62. The standard InChI is InChI=1S/C16H29N/c1-9-13-16(10-2,14(3,4)5)11-12-17(13)15(6,7)8/h1,10-12H2,2-8H3/t16-/m1/s1. The molecule has 0 aliphatic carbocycles. The first kappa shape index (κ1) is 14.4. The first-order valence-corrected chi connectivity index (χ1v) is 6.78. The van der Waals surface area contributed by atoms with Gasteiger partial charge >= 0.3 is 0 Å². The fourth-order valence-corrected chi connectivity index (χ4v) is 3.33. The van der Waals surface area contributed by atoms with Crippen LogP contribution in [0.15, 0.2) is 18.0 Å². The molecular weight excluding hydrogens is 206 g/mol. The summed E-state index contributed by atoms with van der Waals surface area (Å²) < 4.78 is 0. The van der Waals surface area contributed by atoms with Crippen molar-refractivity contribution in [2.45, 2.75) is 66.8 Å². The van der Waals surface area contributed by atoms with E-state index < -0.39 is 0 Å². The second-order valence-electron chi connectivity index (χ2n) is 7.28. The predicted octanol–water partition coefficient (Wildman–Crippen LogP) is 4.60. The Hall–Kier alpha value is -0.680. The molecule has 0 aromatic heterocycles. The van der Waals surface area contributed by atoms with Crippen molar-refractivity contribution in [1.29, 1.82) is 0 Å².